The molecule has 0 saturated carbocycles. The van der Waals surface area contributed by atoms with Gasteiger partial charge in [-0.25, -0.2) is 0 Å². The molecule has 36 heavy (non-hydrogen) atoms. The van der Waals surface area contributed by atoms with Crippen molar-refractivity contribution >= 4 is 33.0 Å². The van der Waals surface area contributed by atoms with Gasteiger partial charge in [0, 0.05) is 0 Å². The van der Waals surface area contributed by atoms with Crippen LogP contribution in [0.2, 0.25) is 14.8 Å². The molecular weight excluding hydrogens is 547 g/mol. The van der Waals surface area contributed by atoms with E-state index >= 15 is 0 Å². The first-order valence-corrected chi connectivity index (χ1v) is 22.7. The van der Waals surface area contributed by atoms with Crippen molar-refractivity contribution < 1.29 is 4.74 Å². The molecule has 0 bridgehead atoms. The van der Waals surface area contributed by atoms with E-state index in [0.29, 0.717) is 0 Å². The summed E-state index contributed by atoms with van der Waals surface area (Å²) in [5, 5.41) is 6.75. The van der Waals surface area contributed by atoms with Crippen LogP contribution in [0, 0.1) is 0 Å². The summed E-state index contributed by atoms with van der Waals surface area (Å²) >= 11 is -2.65. The average Bonchev–Trinajstić information content (AvgIpc) is 3.26. The number of aromatic nitrogens is 2. The third-order valence-electron chi connectivity index (χ3n) is 6.63. The third-order valence-corrected chi connectivity index (χ3v) is 11.7. The van der Waals surface area contributed by atoms with Gasteiger partial charge < -0.3 is 0 Å². The van der Waals surface area contributed by atoms with Gasteiger partial charge in [-0.3, -0.25) is 0 Å². The zero-order chi connectivity index (χ0) is 25.3. The van der Waals surface area contributed by atoms with Crippen LogP contribution < -0.4 is 8.45 Å². The van der Waals surface area contributed by atoms with Crippen LogP contribution >= 0.6 is 0 Å². The number of hydrogen-bond donors (Lipinski definition) is 0. The van der Waals surface area contributed by atoms with Crippen LogP contribution in [0.5, 0.6) is 5.75 Å². The molecule has 5 aromatic rings. The van der Waals surface area contributed by atoms with Crippen LogP contribution in [0.3, 0.4) is 0 Å². The maximum absolute atomic E-state index is 6.13. The fourth-order valence-electron chi connectivity index (χ4n) is 5.16. The third kappa shape index (κ3) is 4.34. The molecule has 0 radical (unpaired) electrons. The van der Waals surface area contributed by atoms with Crippen LogP contribution in [-0.2, 0) is 5.54 Å². The number of ether oxygens (including phenoxy) is 1. The zero-order valence-corrected chi connectivity index (χ0v) is 24.6. The molecule has 0 fully saturated rings. The molecule has 0 aliphatic rings. The molecule has 0 N–H and O–H groups in total. The fourth-order valence-corrected chi connectivity index (χ4v) is 9.18. The van der Waals surface area contributed by atoms with Gasteiger partial charge in [-0.15, -0.1) is 0 Å². The molecule has 1 aromatic heterocycles. The van der Waals surface area contributed by atoms with Gasteiger partial charge in [0.05, 0.1) is 0 Å². The van der Waals surface area contributed by atoms with Gasteiger partial charge >= 0.3 is 219 Å². The van der Waals surface area contributed by atoms with Gasteiger partial charge in [0.2, 0.25) is 0 Å². The van der Waals surface area contributed by atoms with Crippen molar-refractivity contribution in [3.05, 3.63) is 126 Å². The summed E-state index contributed by atoms with van der Waals surface area (Å²) in [6.07, 6.45) is 0.121. The van der Waals surface area contributed by atoms with Crippen molar-refractivity contribution in [1.82, 2.24) is 9.78 Å². The quantitative estimate of drug-likeness (QED) is 0.150. The van der Waals surface area contributed by atoms with Crippen LogP contribution in [-0.4, -0.2) is 34.3 Å². The molecule has 5 rings (SSSR count). The summed E-state index contributed by atoms with van der Waals surface area (Å²) in [5.74, 6) is 0.901. The number of hydrogen-bond acceptors (Lipinski definition) is 2. The van der Waals surface area contributed by atoms with E-state index in [4.69, 9.17) is 9.84 Å². The van der Waals surface area contributed by atoms with Gasteiger partial charge in [-0.1, -0.05) is 0 Å². The van der Waals surface area contributed by atoms with E-state index in [1.165, 1.54) is 25.8 Å². The first kappa shape index (κ1) is 24.6. The monoisotopic (exact) mass is 582 g/mol. The molecule has 0 aliphatic carbocycles. The summed E-state index contributed by atoms with van der Waals surface area (Å²) in [6, 6.07) is 38.9. The molecule has 0 amide bonds. The van der Waals surface area contributed by atoms with Crippen molar-refractivity contribution in [3.63, 3.8) is 0 Å². The Balaban J connectivity index is 1.94. The van der Waals surface area contributed by atoms with E-state index in [1.807, 2.05) is 0 Å². The summed E-state index contributed by atoms with van der Waals surface area (Å²) < 4.78 is 9.68. The molecule has 1 heterocycles. The van der Waals surface area contributed by atoms with Gasteiger partial charge in [0.1, 0.15) is 0 Å². The summed E-state index contributed by atoms with van der Waals surface area (Å²) in [6.45, 7) is 4.14. The second-order valence-corrected chi connectivity index (χ2v) is 24.9. The molecule has 182 valence electrons. The van der Waals surface area contributed by atoms with Crippen LogP contribution in [0.4, 0.5) is 0 Å². The molecule has 0 unspecified atom stereocenters. The van der Waals surface area contributed by atoms with Crippen molar-refractivity contribution in [1.29, 1.82) is 0 Å². The molecule has 0 aliphatic heterocycles. The Hall–Kier alpha value is -3.05. The first-order chi connectivity index (χ1) is 17.3. The topological polar surface area (TPSA) is 27.1 Å². The van der Waals surface area contributed by atoms with Gasteiger partial charge in [0.15, 0.2) is 0 Å². The standard InChI is InChI=1S/C29H25N2O.3CH3.Sn/c1-22(2)32-27-18-19-28-23(20-27)21-30-31(28)29(24-12-6-3-7-13-24,25-14-8-4-9-15-25)26-16-10-5-11-17-26;;;;/h3-20,22H,1-2H3;3*1H3;. The van der Waals surface area contributed by atoms with Crippen molar-refractivity contribution in [2.75, 3.05) is 0 Å². The number of benzene rings is 4. The van der Waals surface area contributed by atoms with E-state index < -0.39 is 23.9 Å². The number of nitrogens with zero attached hydrogens (tertiary/aromatic N) is 2. The maximum atomic E-state index is 6.13. The summed E-state index contributed by atoms with van der Waals surface area (Å²) in [5.41, 5.74) is 4.06. The molecule has 4 heteroatoms. The van der Waals surface area contributed by atoms with E-state index in [9.17, 15) is 0 Å². The number of rotatable bonds is 7. The minimum atomic E-state index is -2.65. The van der Waals surface area contributed by atoms with Crippen molar-refractivity contribution in [2.45, 2.75) is 40.3 Å². The Morgan fingerprint density at radius 2 is 1.17 bits per heavy atom. The van der Waals surface area contributed by atoms with E-state index in [-0.39, 0.29) is 6.10 Å². The summed E-state index contributed by atoms with van der Waals surface area (Å²) in [4.78, 5) is 7.31. The Morgan fingerprint density at radius 1 is 0.694 bits per heavy atom. The molecule has 3 nitrogen and oxygen atoms in total. The Labute approximate surface area is 218 Å². The Morgan fingerprint density at radius 3 is 1.58 bits per heavy atom. The van der Waals surface area contributed by atoms with Gasteiger partial charge in [-0.05, 0) is 0 Å². The molecule has 0 spiro atoms. The molecule has 4 aromatic carbocycles. The van der Waals surface area contributed by atoms with E-state index in [2.05, 4.69) is 143 Å². The SMILES string of the molecule is CC(C)Oc1ccc2c(c1)[c]([Sn]([CH3])([CH3])[CH3])nn2C(c1ccccc1)(c1ccccc1)c1ccccc1. The Bertz CT molecular complexity index is 1360. The predicted octanol–water partition coefficient (Wildman–Crippen LogP) is 7.21. The van der Waals surface area contributed by atoms with Gasteiger partial charge in [-0.2, -0.15) is 0 Å². The predicted molar refractivity (Wildman–Crippen MR) is 153 cm³/mol. The second kappa shape index (κ2) is 9.78. The van der Waals surface area contributed by atoms with E-state index in [0.717, 1.165) is 11.3 Å². The normalized spacial score (nSPS) is 12.3. The molecule has 0 saturated heterocycles. The minimum absolute atomic E-state index is 0.121. The van der Waals surface area contributed by atoms with E-state index in [1.54, 1.807) is 0 Å². The van der Waals surface area contributed by atoms with Crippen LogP contribution in [0.1, 0.15) is 30.5 Å². The Kier molecular flexibility index (Phi) is 6.69. The average molecular weight is 581 g/mol. The zero-order valence-electron chi connectivity index (χ0n) is 21.8. The first-order valence-electron chi connectivity index (χ1n) is 12.7. The molecule has 0 atom stereocenters. The van der Waals surface area contributed by atoms with Gasteiger partial charge in [0.25, 0.3) is 0 Å². The van der Waals surface area contributed by atoms with Crippen molar-refractivity contribution in [3.8, 4) is 5.75 Å². The van der Waals surface area contributed by atoms with Crippen LogP contribution in [0.15, 0.2) is 109 Å². The number of fused-ring (bicyclic) bond motifs is 1. The summed E-state index contributed by atoms with van der Waals surface area (Å²) in [7, 11) is 0. The molecular formula is C32H34N2OSn. The second-order valence-electron chi connectivity index (χ2n) is 10.7. The fraction of sp³-hybridized carbons (Fsp3) is 0.219. The van der Waals surface area contributed by atoms with Crippen LogP contribution in [0.25, 0.3) is 10.9 Å². The van der Waals surface area contributed by atoms with Crippen molar-refractivity contribution in [2.24, 2.45) is 0 Å².